The van der Waals surface area contributed by atoms with Crippen LogP contribution in [-0.4, -0.2) is 9.97 Å². The van der Waals surface area contributed by atoms with Crippen LogP contribution in [0.5, 0.6) is 0 Å². The highest BCUT2D eigenvalue weighted by Crippen LogP contribution is 2.38. The van der Waals surface area contributed by atoms with Gasteiger partial charge in [-0.05, 0) is 18.6 Å². The molecule has 4 aromatic rings. The van der Waals surface area contributed by atoms with Gasteiger partial charge in [-0.2, -0.15) is 4.98 Å². The molecule has 0 atom stereocenters. The molecule has 2 aromatic carbocycles. The normalized spacial score (nSPS) is 11.1. The summed E-state index contributed by atoms with van der Waals surface area (Å²) in [6.07, 6.45) is 1.60. The van der Waals surface area contributed by atoms with Crippen LogP contribution in [0.15, 0.2) is 59.2 Å². The number of para-hydroxylation sites is 1. The fourth-order valence-electron chi connectivity index (χ4n) is 2.75. The smallest absolute Gasteiger partial charge is 0.292 e. The van der Waals surface area contributed by atoms with Crippen LogP contribution in [0, 0.1) is 6.92 Å². The molecule has 0 spiro atoms. The first-order valence-electron chi connectivity index (χ1n) is 7.11. The summed E-state index contributed by atoms with van der Waals surface area (Å²) in [5.74, 6) is 0. The van der Waals surface area contributed by atoms with Crippen molar-refractivity contribution in [2.24, 2.45) is 0 Å². The van der Waals surface area contributed by atoms with Crippen LogP contribution in [0.1, 0.15) is 5.56 Å². The molecule has 4 nitrogen and oxygen atoms in total. The molecular formula is C18H15N3O. The minimum atomic E-state index is 0.176. The fourth-order valence-corrected chi connectivity index (χ4v) is 2.75. The van der Waals surface area contributed by atoms with E-state index in [9.17, 15) is 0 Å². The van der Waals surface area contributed by atoms with Crippen molar-refractivity contribution < 1.29 is 4.42 Å². The molecule has 2 aromatic heterocycles. The lowest BCUT2D eigenvalue weighted by atomic mass is 10.0. The van der Waals surface area contributed by atoms with E-state index in [0.717, 1.165) is 33.4 Å². The molecule has 3 N–H and O–H groups in total. The van der Waals surface area contributed by atoms with E-state index >= 15 is 0 Å². The first-order chi connectivity index (χ1) is 10.7. The van der Waals surface area contributed by atoms with Crippen molar-refractivity contribution in [2.75, 3.05) is 5.73 Å². The maximum absolute atomic E-state index is 5.65. The summed E-state index contributed by atoms with van der Waals surface area (Å²) >= 11 is 0. The molecule has 2 heterocycles. The topological polar surface area (TPSA) is 67.8 Å². The van der Waals surface area contributed by atoms with Gasteiger partial charge >= 0.3 is 0 Å². The zero-order valence-corrected chi connectivity index (χ0v) is 12.1. The molecule has 108 valence electrons. The van der Waals surface area contributed by atoms with Gasteiger partial charge in [0.05, 0.1) is 5.69 Å². The minimum absolute atomic E-state index is 0.176. The molecule has 4 heteroatoms. The van der Waals surface area contributed by atoms with Crippen LogP contribution >= 0.6 is 0 Å². The third-order valence-electron chi connectivity index (χ3n) is 3.82. The maximum atomic E-state index is 5.65. The van der Waals surface area contributed by atoms with Crippen LogP contribution in [-0.2, 0) is 0 Å². The molecule has 0 aliphatic heterocycles. The molecule has 0 fully saturated rings. The van der Waals surface area contributed by atoms with E-state index < -0.39 is 0 Å². The van der Waals surface area contributed by atoms with E-state index in [4.69, 9.17) is 10.2 Å². The molecule has 0 aliphatic carbocycles. The summed E-state index contributed by atoms with van der Waals surface area (Å²) in [4.78, 5) is 7.78. The highest BCUT2D eigenvalue weighted by Gasteiger charge is 2.17. The van der Waals surface area contributed by atoms with Crippen LogP contribution in [0.4, 0.5) is 6.01 Å². The minimum Gasteiger partial charge on any atom is -0.432 e. The molecule has 22 heavy (non-hydrogen) atoms. The van der Waals surface area contributed by atoms with Crippen LogP contribution in [0.2, 0.25) is 0 Å². The van der Waals surface area contributed by atoms with E-state index in [1.165, 1.54) is 5.56 Å². The quantitative estimate of drug-likeness (QED) is 0.575. The van der Waals surface area contributed by atoms with Gasteiger partial charge in [0.25, 0.3) is 6.01 Å². The summed E-state index contributed by atoms with van der Waals surface area (Å²) in [5, 5.41) is 1.10. The first-order valence-corrected chi connectivity index (χ1v) is 7.11. The number of aromatic amines is 1. The SMILES string of the molecule is Cc1ccc(-c2[nH]c3ccccc3c2-c2coc(N)n2)cc1. The third kappa shape index (κ3) is 1.97. The summed E-state index contributed by atoms with van der Waals surface area (Å²) in [6.45, 7) is 2.08. The Bertz CT molecular complexity index is 948. The van der Waals surface area contributed by atoms with Gasteiger partial charge in [-0.25, -0.2) is 0 Å². The van der Waals surface area contributed by atoms with Gasteiger partial charge in [0.2, 0.25) is 0 Å². The number of nitrogens with zero attached hydrogens (tertiary/aromatic N) is 1. The second kappa shape index (κ2) is 4.77. The molecule has 0 amide bonds. The largest absolute Gasteiger partial charge is 0.432 e. The molecule has 0 unspecified atom stereocenters. The van der Waals surface area contributed by atoms with E-state index in [0.29, 0.717) is 0 Å². The van der Waals surface area contributed by atoms with Crippen molar-refractivity contribution in [3.05, 3.63) is 60.4 Å². The first kappa shape index (κ1) is 12.7. The highest BCUT2D eigenvalue weighted by atomic mass is 16.4. The van der Waals surface area contributed by atoms with Crippen molar-refractivity contribution in [2.45, 2.75) is 6.92 Å². The molecule has 0 radical (unpaired) electrons. The third-order valence-corrected chi connectivity index (χ3v) is 3.82. The number of aromatic nitrogens is 2. The van der Waals surface area contributed by atoms with Gasteiger partial charge in [0, 0.05) is 16.5 Å². The number of hydrogen-bond acceptors (Lipinski definition) is 3. The summed E-state index contributed by atoms with van der Waals surface area (Å²) in [6, 6.07) is 16.7. The van der Waals surface area contributed by atoms with Crippen LogP contribution in [0.25, 0.3) is 33.4 Å². The predicted molar refractivity (Wildman–Crippen MR) is 88.4 cm³/mol. The average Bonchev–Trinajstić information content (AvgIpc) is 3.11. The number of aryl methyl sites for hydroxylation is 1. The van der Waals surface area contributed by atoms with Crippen LogP contribution in [0.3, 0.4) is 0 Å². The Morgan fingerprint density at radius 2 is 1.82 bits per heavy atom. The van der Waals surface area contributed by atoms with Crippen LogP contribution < -0.4 is 5.73 Å². The Morgan fingerprint density at radius 3 is 2.55 bits per heavy atom. The van der Waals surface area contributed by atoms with E-state index in [-0.39, 0.29) is 6.01 Å². The van der Waals surface area contributed by atoms with E-state index in [1.54, 1.807) is 6.26 Å². The Balaban J connectivity index is 2.03. The summed E-state index contributed by atoms with van der Waals surface area (Å²) in [5.41, 5.74) is 11.8. The van der Waals surface area contributed by atoms with Gasteiger partial charge in [-0.1, -0.05) is 48.0 Å². The zero-order chi connectivity index (χ0) is 15.1. The summed E-state index contributed by atoms with van der Waals surface area (Å²) < 4.78 is 5.20. The number of nitrogen functional groups attached to an aromatic ring is 1. The monoisotopic (exact) mass is 289 g/mol. The number of rotatable bonds is 2. The van der Waals surface area contributed by atoms with Crippen molar-refractivity contribution in [1.82, 2.24) is 9.97 Å². The second-order valence-electron chi connectivity index (χ2n) is 5.36. The number of nitrogens with one attached hydrogen (secondary N) is 1. The Hall–Kier alpha value is -3.01. The number of H-pyrrole nitrogens is 1. The Morgan fingerprint density at radius 1 is 1.05 bits per heavy atom. The van der Waals surface area contributed by atoms with Crippen molar-refractivity contribution in [1.29, 1.82) is 0 Å². The van der Waals surface area contributed by atoms with Crippen molar-refractivity contribution in [3.63, 3.8) is 0 Å². The van der Waals surface area contributed by atoms with Gasteiger partial charge < -0.3 is 15.1 Å². The number of benzene rings is 2. The molecule has 0 saturated carbocycles. The standard InChI is InChI=1S/C18H15N3O/c1-11-6-8-12(9-7-11)17-16(15-10-22-18(19)21-15)13-4-2-3-5-14(13)20-17/h2-10,20H,1H3,(H2,19,21). The van der Waals surface area contributed by atoms with Crippen molar-refractivity contribution >= 4 is 16.9 Å². The maximum Gasteiger partial charge on any atom is 0.292 e. The fraction of sp³-hybridized carbons (Fsp3) is 0.0556. The number of anilines is 1. The van der Waals surface area contributed by atoms with Gasteiger partial charge in [-0.3, -0.25) is 0 Å². The van der Waals surface area contributed by atoms with Gasteiger partial charge in [0.1, 0.15) is 12.0 Å². The molecule has 4 rings (SSSR count). The molecule has 0 saturated heterocycles. The molecule has 0 aliphatic rings. The number of nitrogens with two attached hydrogens (primary N) is 1. The van der Waals surface area contributed by atoms with Crippen molar-refractivity contribution in [3.8, 4) is 22.5 Å². The average molecular weight is 289 g/mol. The predicted octanol–water partition coefficient (Wildman–Crippen LogP) is 4.38. The van der Waals surface area contributed by atoms with Gasteiger partial charge in [-0.15, -0.1) is 0 Å². The highest BCUT2D eigenvalue weighted by molar-refractivity contribution is 6.02. The lowest BCUT2D eigenvalue weighted by Gasteiger charge is -2.03. The summed E-state index contributed by atoms with van der Waals surface area (Å²) in [7, 11) is 0. The lowest BCUT2D eigenvalue weighted by molar-refractivity contribution is 0.581. The lowest BCUT2D eigenvalue weighted by Crippen LogP contribution is -1.86. The Labute approximate surface area is 127 Å². The molecular weight excluding hydrogens is 274 g/mol. The number of hydrogen-bond donors (Lipinski definition) is 2. The van der Waals surface area contributed by atoms with E-state index in [1.807, 2.05) is 12.1 Å². The second-order valence-corrected chi connectivity index (χ2v) is 5.36. The molecule has 0 bridgehead atoms. The van der Waals surface area contributed by atoms with E-state index in [2.05, 4.69) is 53.3 Å². The number of fused-ring (bicyclic) bond motifs is 1. The Kier molecular flexibility index (Phi) is 2.76. The zero-order valence-electron chi connectivity index (χ0n) is 12.1. The van der Waals surface area contributed by atoms with Gasteiger partial charge in [0.15, 0.2) is 0 Å². The number of oxazole rings is 1.